The lowest BCUT2D eigenvalue weighted by atomic mass is 10.3. The van der Waals surface area contributed by atoms with Crippen molar-refractivity contribution >= 4 is 9.84 Å². The molecule has 2 aromatic rings. The highest BCUT2D eigenvalue weighted by Crippen LogP contribution is 2.24. The second-order valence-electron chi connectivity index (χ2n) is 5.20. The first-order valence-corrected chi connectivity index (χ1v) is 9.56. The maximum absolute atomic E-state index is 12.6. The van der Waals surface area contributed by atoms with Crippen LogP contribution in [0.4, 0.5) is 0 Å². The summed E-state index contributed by atoms with van der Waals surface area (Å²) in [5.74, 6) is 1.02. The average Bonchev–Trinajstić information content (AvgIpc) is 2.67. The first-order valence-electron chi connectivity index (χ1n) is 8.08. The van der Waals surface area contributed by atoms with Gasteiger partial charge in [-0.2, -0.15) is 0 Å². The number of sulfone groups is 1. The van der Waals surface area contributed by atoms with Crippen LogP contribution in [0.3, 0.4) is 0 Å². The van der Waals surface area contributed by atoms with Crippen LogP contribution < -0.4 is 9.47 Å². The van der Waals surface area contributed by atoms with Crippen LogP contribution in [-0.4, -0.2) is 58.3 Å². The van der Waals surface area contributed by atoms with Crippen molar-refractivity contribution in [2.75, 3.05) is 39.6 Å². The van der Waals surface area contributed by atoms with Gasteiger partial charge in [0, 0.05) is 0 Å². The molecule has 2 aromatic carbocycles. The van der Waals surface area contributed by atoms with E-state index < -0.39 is 9.84 Å². The zero-order valence-corrected chi connectivity index (χ0v) is 15.0. The van der Waals surface area contributed by atoms with Gasteiger partial charge in [0.1, 0.15) is 24.7 Å². The van der Waals surface area contributed by atoms with Gasteiger partial charge >= 0.3 is 0 Å². The topological polar surface area (TPSA) is 102 Å². The maximum Gasteiger partial charge on any atom is 0.206 e. The lowest BCUT2D eigenvalue weighted by molar-refractivity contribution is 0.0705. The Labute approximate surface area is 152 Å². The first-order chi connectivity index (χ1) is 12.6. The van der Waals surface area contributed by atoms with E-state index in [1.54, 1.807) is 24.3 Å². The number of hydrogen-bond acceptors (Lipinski definition) is 7. The van der Waals surface area contributed by atoms with E-state index in [-0.39, 0.29) is 36.2 Å². The normalized spacial score (nSPS) is 11.3. The summed E-state index contributed by atoms with van der Waals surface area (Å²) in [4.78, 5) is 0.310. The van der Waals surface area contributed by atoms with Crippen molar-refractivity contribution < 1.29 is 32.8 Å². The van der Waals surface area contributed by atoms with Crippen molar-refractivity contribution in [1.82, 2.24) is 0 Å². The highest BCUT2D eigenvalue weighted by molar-refractivity contribution is 7.91. The summed E-state index contributed by atoms with van der Waals surface area (Å²) >= 11 is 0. The van der Waals surface area contributed by atoms with Gasteiger partial charge in [-0.15, -0.1) is 0 Å². The Morgan fingerprint density at radius 2 is 1.12 bits per heavy atom. The van der Waals surface area contributed by atoms with Crippen molar-refractivity contribution in [3.63, 3.8) is 0 Å². The molecule has 0 heterocycles. The molecule has 0 spiro atoms. The van der Waals surface area contributed by atoms with E-state index in [4.69, 9.17) is 24.4 Å². The molecule has 142 valence electrons. The molecule has 2 N–H and O–H groups in total. The van der Waals surface area contributed by atoms with Crippen LogP contribution in [0.15, 0.2) is 58.3 Å². The van der Waals surface area contributed by atoms with Gasteiger partial charge in [-0.25, -0.2) is 8.42 Å². The molecule has 0 aliphatic heterocycles. The van der Waals surface area contributed by atoms with Crippen molar-refractivity contribution in [2.45, 2.75) is 9.79 Å². The molecule has 0 aliphatic rings. The van der Waals surface area contributed by atoms with Crippen LogP contribution in [0.5, 0.6) is 11.5 Å². The van der Waals surface area contributed by atoms with Crippen LogP contribution in [0.25, 0.3) is 0 Å². The second-order valence-corrected chi connectivity index (χ2v) is 7.15. The van der Waals surface area contributed by atoms with Gasteiger partial charge in [-0.1, -0.05) is 0 Å². The lowest BCUT2D eigenvalue weighted by Crippen LogP contribution is -2.09. The maximum atomic E-state index is 12.6. The van der Waals surface area contributed by atoms with Crippen molar-refractivity contribution in [2.24, 2.45) is 0 Å². The molecule has 0 fully saturated rings. The van der Waals surface area contributed by atoms with E-state index >= 15 is 0 Å². The van der Waals surface area contributed by atoms with Crippen LogP contribution >= 0.6 is 0 Å². The first kappa shape index (κ1) is 20.2. The van der Waals surface area contributed by atoms with Crippen LogP contribution in [-0.2, 0) is 14.6 Å². The molecule has 8 heteroatoms. The Morgan fingerprint density at radius 1 is 0.654 bits per heavy atom. The second kappa shape index (κ2) is 10.1. The Morgan fingerprint density at radius 3 is 1.58 bits per heavy atom. The minimum Gasteiger partial charge on any atom is -0.491 e. The Hall–Kier alpha value is -2.13. The largest absolute Gasteiger partial charge is 0.491 e. The minimum absolute atomic E-state index is 0.0406. The fourth-order valence-corrected chi connectivity index (χ4v) is 3.38. The van der Waals surface area contributed by atoms with Gasteiger partial charge in [0.15, 0.2) is 0 Å². The number of aliphatic hydroxyl groups is 2. The molecule has 0 aromatic heterocycles. The Kier molecular flexibility index (Phi) is 7.86. The third-order valence-corrected chi connectivity index (χ3v) is 5.15. The van der Waals surface area contributed by atoms with E-state index in [2.05, 4.69) is 0 Å². The number of ether oxygens (including phenoxy) is 3. The Bertz CT molecular complexity index is 755. The summed E-state index contributed by atoms with van der Waals surface area (Å²) in [7, 11) is -3.64. The predicted molar refractivity (Wildman–Crippen MR) is 94.3 cm³/mol. The molecule has 0 unspecified atom stereocenters. The monoisotopic (exact) mass is 382 g/mol. The molecule has 0 amide bonds. The summed E-state index contributed by atoms with van der Waals surface area (Å²) in [6.07, 6.45) is 0. The SMILES string of the molecule is O=S(=O)(c1ccc(OCCO)cc1)c1ccc(OCCOCCO)cc1. The van der Waals surface area contributed by atoms with Crippen molar-refractivity contribution in [3.05, 3.63) is 48.5 Å². The van der Waals surface area contributed by atoms with Gasteiger partial charge in [0.05, 0.1) is 36.2 Å². The van der Waals surface area contributed by atoms with Crippen LogP contribution in [0.2, 0.25) is 0 Å². The number of rotatable bonds is 11. The van der Waals surface area contributed by atoms with E-state index in [0.717, 1.165) is 0 Å². The Balaban J connectivity index is 2.00. The molecule has 2 rings (SSSR count). The average molecular weight is 382 g/mol. The van der Waals surface area contributed by atoms with E-state index in [9.17, 15) is 8.42 Å². The number of benzene rings is 2. The summed E-state index contributed by atoms with van der Waals surface area (Å²) in [6, 6.07) is 12.1. The van der Waals surface area contributed by atoms with Gasteiger partial charge in [-0.3, -0.25) is 0 Å². The zero-order chi connectivity index (χ0) is 18.8. The molecule has 0 atom stereocenters. The quantitative estimate of drug-likeness (QED) is 0.564. The molecule has 0 aliphatic carbocycles. The fourth-order valence-electron chi connectivity index (χ4n) is 2.11. The molecular formula is C18H22O7S. The van der Waals surface area contributed by atoms with E-state index in [0.29, 0.717) is 24.7 Å². The van der Waals surface area contributed by atoms with Gasteiger partial charge in [0.2, 0.25) is 9.84 Å². The lowest BCUT2D eigenvalue weighted by Gasteiger charge is -2.09. The highest BCUT2D eigenvalue weighted by atomic mass is 32.2. The molecule has 0 saturated heterocycles. The molecule has 7 nitrogen and oxygen atoms in total. The predicted octanol–water partition coefficient (Wildman–Crippen LogP) is 1.28. The third-order valence-electron chi connectivity index (χ3n) is 3.36. The van der Waals surface area contributed by atoms with E-state index in [1.165, 1.54) is 24.3 Å². The number of aliphatic hydroxyl groups excluding tert-OH is 2. The summed E-state index contributed by atoms with van der Waals surface area (Å²) in [6.45, 7) is 0.902. The standard InChI is InChI=1S/C18H22O7S/c19-9-11-23-13-14-25-16-3-7-18(8-4-16)26(21,22)17-5-1-15(2-6-17)24-12-10-20/h1-8,19-20H,9-14H2. The third kappa shape index (κ3) is 5.70. The fraction of sp³-hybridized carbons (Fsp3) is 0.333. The smallest absolute Gasteiger partial charge is 0.206 e. The molecule has 0 saturated carbocycles. The van der Waals surface area contributed by atoms with Gasteiger partial charge in [-0.05, 0) is 48.5 Å². The van der Waals surface area contributed by atoms with E-state index in [1.807, 2.05) is 0 Å². The number of hydrogen-bond donors (Lipinski definition) is 2. The summed E-state index contributed by atoms with van der Waals surface area (Å²) < 4.78 is 41.0. The summed E-state index contributed by atoms with van der Waals surface area (Å²) in [5.41, 5.74) is 0. The molecular weight excluding hydrogens is 360 g/mol. The molecule has 0 radical (unpaired) electrons. The zero-order valence-electron chi connectivity index (χ0n) is 14.2. The van der Waals surface area contributed by atoms with Crippen LogP contribution in [0.1, 0.15) is 0 Å². The molecule has 0 bridgehead atoms. The van der Waals surface area contributed by atoms with Crippen LogP contribution in [0, 0.1) is 0 Å². The summed E-state index contributed by atoms with van der Waals surface area (Å²) in [5, 5.41) is 17.3. The highest BCUT2D eigenvalue weighted by Gasteiger charge is 2.17. The van der Waals surface area contributed by atoms with Gasteiger partial charge in [0.25, 0.3) is 0 Å². The van der Waals surface area contributed by atoms with Gasteiger partial charge < -0.3 is 24.4 Å². The van der Waals surface area contributed by atoms with Crippen molar-refractivity contribution in [1.29, 1.82) is 0 Å². The van der Waals surface area contributed by atoms with Crippen molar-refractivity contribution in [3.8, 4) is 11.5 Å². The minimum atomic E-state index is -3.64. The molecule has 26 heavy (non-hydrogen) atoms.